The number of ketones is 1. The topological polar surface area (TPSA) is 47.8 Å². The molecule has 2 aromatic rings. The second kappa shape index (κ2) is 7.32. The van der Waals surface area contributed by atoms with Crippen LogP contribution in [0.25, 0.3) is 11.4 Å². The first kappa shape index (κ1) is 18.2. The van der Waals surface area contributed by atoms with Gasteiger partial charge >= 0.3 is 0 Å². The van der Waals surface area contributed by atoms with E-state index in [4.69, 9.17) is 0 Å². The average molecular weight is 358 g/mol. The predicted molar refractivity (Wildman–Crippen MR) is 103 cm³/mol. The van der Waals surface area contributed by atoms with Crippen LogP contribution in [0.3, 0.4) is 0 Å². The minimum absolute atomic E-state index is 0.0292. The zero-order valence-electron chi connectivity index (χ0n) is 15.6. The summed E-state index contributed by atoms with van der Waals surface area (Å²) in [5.74, 6) is 1.21. The van der Waals surface area contributed by atoms with Crippen LogP contribution in [0.15, 0.2) is 29.4 Å². The molecule has 0 bridgehead atoms. The Balaban J connectivity index is 1.80. The highest BCUT2D eigenvalue weighted by molar-refractivity contribution is 8.00. The van der Waals surface area contributed by atoms with Crippen molar-refractivity contribution in [2.45, 2.75) is 68.7 Å². The molecular weight excluding hydrogens is 330 g/mol. The van der Waals surface area contributed by atoms with E-state index in [1.807, 2.05) is 11.6 Å². The van der Waals surface area contributed by atoms with Gasteiger partial charge in [0.1, 0.15) is 5.78 Å². The summed E-state index contributed by atoms with van der Waals surface area (Å²) in [6, 6.07) is 8.53. The molecule has 0 unspecified atom stereocenters. The molecule has 4 nitrogen and oxygen atoms in total. The Labute approximate surface area is 154 Å². The number of carbonyl (C=O) groups is 1. The normalized spacial score (nSPS) is 19.0. The van der Waals surface area contributed by atoms with Gasteiger partial charge in [-0.3, -0.25) is 4.79 Å². The number of rotatable bonds is 3. The summed E-state index contributed by atoms with van der Waals surface area (Å²) >= 11 is 1.58. The fraction of sp³-hybridized carbons (Fsp3) is 0.550. The van der Waals surface area contributed by atoms with Gasteiger partial charge in [-0.25, -0.2) is 0 Å². The monoisotopic (exact) mass is 357 g/mol. The molecule has 1 fully saturated rings. The molecule has 134 valence electrons. The van der Waals surface area contributed by atoms with E-state index in [0.29, 0.717) is 12.2 Å². The average Bonchev–Trinajstić information content (AvgIpc) is 2.80. The quantitative estimate of drug-likeness (QED) is 0.742. The van der Waals surface area contributed by atoms with Crippen molar-refractivity contribution in [2.75, 3.05) is 0 Å². The van der Waals surface area contributed by atoms with Gasteiger partial charge in [-0.05, 0) is 23.8 Å². The minimum atomic E-state index is 0.0292. The van der Waals surface area contributed by atoms with Crippen LogP contribution >= 0.6 is 11.8 Å². The maximum atomic E-state index is 12.3. The fourth-order valence-electron chi connectivity index (χ4n) is 3.17. The second-order valence-electron chi connectivity index (χ2n) is 7.86. The summed E-state index contributed by atoms with van der Waals surface area (Å²) < 4.78 is 2.01. The zero-order valence-corrected chi connectivity index (χ0v) is 16.4. The van der Waals surface area contributed by atoms with E-state index >= 15 is 0 Å². The lowest BCUT2D eigenvalue weighted by Gasteiger charge is -2.19. The lowest BCUT2D eigenvalue weighted by atomic mass is 9.87. The van der Waals surface area contributed by atoms with Crippen molar-refractivity contribution in [3.63, 3.8) is 0 Å². The first-order valence-electron chi connectivity index (χ1n) is 9.06. The highest BCUT2D eigenvalue weighted by Crippen LogP contribution is 2.32. The maximum Gasteiger partial charge on any atom is 0.191 e. The van der Waals surface area contributed by atoms with Crippen molar-refractivity contribution in [1.29, 1.82) is 0 Å². The van der Waals surface area contributed by atoms with Crippen LogP contribution < -0.4 is 0 Å². The first-order chi connectivity index (χ1) is 11.9. The molecule has 0 saturated heterocycles. The summed E-state index contributed by atoms with van der Waals surface area (Å²) in [4.78, 5) is 12.3. The van der Waals surface area contributed by atoms with Crippen LogP contribution in [0.4, 0.5) is 0 Å². The third-order valence-electron chi connectivity index (χ3n) is 4.84. The van der Waals surface area contributed by atoms with Crippen LogP contribution in [0.5, 0.6) is 0 Å². The van der Waals surface area contributed by atoms with Gasteiger partial charge in [0, 0.05) is 19.0 Å². The second-order valence-corrected chi connectivity index (χ2v) is 9.03. The van der Waals surface area contributed by atoms with E-state index in [1.54, 1.807) is 11.8 Å². The summed E-state index contributed by atoms with van der Waals surface area (Å²) in [5.41, 5.74) is 2.50. The van der Waals surface area contributed by atoms with E-state index in [-0.39, 0.29) is 10.7 Å². The summed E-state index contributed by atoms with van der Waals surface area (Å²) in [6.45, 7) is 6.63. The molecule has 5 heteroatoms. The molecule has 3 rings (SSSR count). The van der Waals surface area contributed by atoms with Gasteiger partial charge in [0.15, 0.2) is 11.0 Å². The molecule has 0 aliphatic heterocycles. The lowest BCUT2D eigenvalue weighted by Crippen LogP contribution is -2.15. The number of thioether (sulfide) groups is 1. The number of hydrogen-bond acceptors (Lipinski definition) is 4. The molecule has 1 aromatic carbocycles. The Kier molecular flexibility index (Phi) is 5.32. The summed E-state index contributed by atoms with van der Waals surface area (Å²) in [5, 5.41) is 9.58. The Morgan fingerprint density at radius 2 is 1.80 bits per heavy atom. The Bertz CT molecular complexity index is 743. The summed E-state index contributed by atoms with van der Waals surface area (Å²) in [7, 11) is 1.98. The van der Waals surface area contributed by atoms with Crippen molar-refractivity contribution in [2.24, 2.45) is 7.05 Å². The van der Waals surface area contributed by atoms with E-state index in [0.717, 1.165) is 42.2 Å². The third-order valence-corrected chi connectivity index (χ3v) is 6.19. The molecule has 1 saturated carbocycles. The van der Waals surface area contributed by atoms with E-state index in [2.05, 4.69) is 55.2 Å². The van der Waals surface area contributed by atoms with Crippen LogP contribution in [-0.4, -0.2) is 25.8 Å². The van der Waals surface area contributed by atoms with Crippen LogP contribution in [0.2, 0.25) is 0 Å². The number of aromatic nitrogens is 3. The zero-order chi connectivity index (χ0) is 18.0. The van der Waals surface area contributed by atoms with Gasteiger partial charge in [0.25, 0.3) is 0 Å². The van der Waals surface area contributed by atoms with Crippen LogP contribution in [-0.2, 0) is 17.3 Å². The number of hydrogen-bond donors (Lipinski definition) is 0. The highest BCUT2D eigenvalue weighted by Gasteiger charge is 2.24. The van der Waals surface area contributed by atoms with Crippen molar-refractivity contribution in [1.82, 2.24) is 14.8 Å². The fourth-order valence-corrected chi connectivity index (χ4v) is 4.29. The predicted octanol–water partition coefficient (Wildman–Crippen LogP) is 4.77. The van der Waals surface area contributed by atoms with E-state index < -0.39 is 0 Å². The number of carbonyl (C=O) groups excluding carboxylic acids is 1. The SMILES string of the molecule is Cn1c(S[C@H]2CCCCCC2=O)nnc1-c1ccc(C(C)(C)C)cc1. The Hall–Kier alpha value is -1.62. The molecule has 0 spiro atoms. The van der Waals surface area contributed by atoms with Crippen LogP contribution in [0, 0.1) is 0 Å². The number of nitrogens with zero attached hydrogens (tertiary/aromatic N) is 3. The molecule has 0 radical (unpaired) electrons. The molecule has 1 aliphatic carbocycles. The van der Waals surface area contributed by atoms with E-state index in [1.165, 1.54) is 5.56 Å². The smallest absolute Gasteiger partial charge is 0.191 e. The van der Waals surface area contributed by atoms with Gasteiger partial charge in [-0.2, -0.15) is 0 Å². The molecule has 0 N–H and O–H groups in total. The molecule has 1 aromatic heterocycles. The molecule has 1 heterocycles. The van der Waals surface area contributed by atoms with Crippen molar-refractivity contribution >= 4 is 17.5 Å². The van der Waals surface area contributed by atoms with Gasteiger partial charge in [-0.1, -0.05) is 69.6 Å². The molecule has 25 heavy (non-hydrogen) atoms. The van der Waals surface area contributed by atoms with Gasteiger partial charge in [0.2, 0.25) is 0 Å². The number of benzene rings is 1. The van der Waals surface area contributed by atoms with Crippen molar-refractivity contribution in [3.05, 3.63) is 29.8 Å². The van der Waals surface area contributed by atoms with Crippen molar-refractivity contribution < 1.29 is 4.79 Å². The molecular formula is C20H27N3OS. The van der Waals surface area contributed by atoms with Gasteiger partial charge in [0.05, 0.1) is 5.25 Å². The Morgan fingerprint density at radius 3 is 2.48 bits per heavy atom. The van der Waals surface area contributed by atoms with Crippen LogP contribution in [0.1, 0.15) is 58.4 Å². The summed E-state index contributed by atoms with van der Waals surface area (Å²) in [6.07, 6.45) is 4.97. The third kappa shape index (κ3) is 4.14. The lowest BCUT2D eigenvalue weighted by molar-refractivity contribution is -0.118. The molecule has 1 aliphatic rings. The standard InChI is InChI=1S/C20H27N3OS/c1-20(2,3)15-12-10-14(11-13-15)18-21-22-19(23(18)4)25-17-9-7-5-6-8-16(17)24/h10-13,17H,5-9H2,1-4H3/t17-/m0/s1. The largest absolute Gasteiger partial charge is 0.305 e. The molecule has 1 atom stereocenters. The minimum Gasteiger partial charge on any atom is -0.305 e. The highest BCUT2D eigenvalue weighted by atomic mass is 32.2. The molecule has 0 amide bonds. The van der Waals surface area contributed by atoms with Gasteiger partial charge < -0.3 is 4.57 Å². The van der Waals surface area contributed by atoms with E-state index in [9.17, 15) is 4.79 Å². The number of Topliss-reactive ketones (excluding diaryl/α,β-unsaturated/α-hetero) is 1. The Morgan fingerprint density at radius 1 is 1.08 bits per heavy atom. The van der Waals surface area contributed by atoms with Gasteiger partial charge in [-0.15, -0.1) is 10.2 Å². The van der Waals surface area contributed by atoms with Crippen molar-refractivity contribution in [3.8, 4) is 11.4 Å². The first-order valence-corrected chi connectivity index (χ1v) is 9.94. The maximum absolute atomic E-state index is 12.3.